The molecular formula is C13H22N4O2S. The van der Waals surface area contributed by atoms with Gasteiger partial charge in [0.2, 0.25) is 10.0 Å². The van der Waals surface area contributed by atoms with Crippen molar-refractivity contribution in [1.29, 1.82) is 0 Å². The molecule has 0 saturated carbocycles. The van der Waals surface area contributed by atoms with Crippen molar-refractivity contribution in [2.24, 2.45) is 11.1 Å². The Balaban J connectivity index is 2.12. The molecule has 112 valence electrons. The minimum absolute atomic E-state index is 0.0488. The molecule has 0 radical (unpaired) electrons. The van der Waals surface area contributed by atoms with Gasteiger partial charge in [0.05, 0.1) is 16.3 Å². The van der Waals surface area contributed by atoms with E-state index in [1.807, 2.05) is 7.05 Å². The SMILES string of the molecule is CN1CCC(CN(C)c2ccc(S(N)(=O)=O)cc2N)C1. The quantitative estimate of drug-likeness (QED) is 0.780. The predicted molar refractivity (Wildman–Crippen MR) is 81.1 cm³/mol. The van der Waals surface area contributed by atoms with E-state index in [1.165, 1.54) is 18.6 Å². The van der Waals surface area contributed by atoms with Gasteiger partial charge in [-0.25, -0.2) is 13.6 Å². The minimum Gasteiger partial charge on any atom is -0.397 e. The molecule has 0 spiro atoms. The van der Waals surface area contributed by atoms with Gasteiger partial charge in [-0.05, 0) is 44.1 Å². The molecule has 20 heavy (non-hydrogen) atoms. The molecule has 0 bridgehead atoms. The average Bonchev–Trinajstić information content (AvgIpc) is 2.73. The molecule has 6 nitrogen and oxygen atoms in total. The van der Waals surface area contributed by atoms with E-state index in [0.717, 1.165) is 25.3 Å². The number of primary sulfonamides is 1. The third-order valence-corrected chi connectivity index (χ3v) is 4.67. The lowest BCUT2D eigenvalue weighted by atomic mass is 10.1. The van der Waals surface area contributed by atoms with Crippen LogP contribution in [0.15, 0.2) is 23.1 Å². The van der Waals surface area contributed by atoms with Crippen molar-refractivity contribution in [2.45, 2.75) is 11.3 Å². The van der Waals surface area contributed by atoms with Crippen molar-refractivity contribution in [2.75, 3.05) is 44.4 Å². The van der Waals surface area contributed by atoms with Gasteiger partial charge in [-0.2, -0.15) is 0 Å². The third kappa shape index (κ3) is 3.41. The Hall–Kier alpha value is -1.31. The van der Waals surface area contributed by atoms with Crippen LogP contribution < -0.4 is 15.8 Å². The summed E-state index contributed by atoms with van der Waals surface area (Å²) in [5, 5.41) is 5.10. The number of sulfonamides is 1. The van der Waals surface area contributed by atoms with Gasteiger partial charge < -0.3 is 15.5 Å². The number of nitrogens with zero attached hydrogens (tertiary/aromatic N) is 2. The molecule has 1 unspecified atom stereocenters. The molecule has 1 aromatic rings. The maximum absolute atomic E-state index is 11.3. The summed E-state index contributed by atoms with van der Waals surface area (Å²) >= 11 is 0. The van der Waals surface area contributed by atoms with E-state index in [4.69, 9.17) is 10.9 Å². The van der Waals surface area contributed by atoms with Crippen LogP contribution in [0.2, 0.25) is 0 Å². The van der Waals surface area contributed by atoms with Crippen LogP contribution in [0.3, 0.4) is 0 Å². The summed E-state index contributed by atoms with van der Waals surface area (Å²) in [6.07, 6.45) is 1.18. The second-order valence-corrected chi connectivity index (χ2v) is 7.12. The summed E-state index contributed by atoms with van der Waals surface area (Å²) in [5.41, 5.74) is 7.22. The molecule has 7 heteroatoms. The van der Waals surface area contributed by atoms with Crippen LogP contribution in [-0.4, -0.2) is 47.0 Å². The first-order chi connectivity index (χ1) is 9.27. The maximum atomic E-state index is 11.3. The first-order valence-electron chi connectivity index (χ1n) is 6.59. The molecular weight excluding hydrogens is 276 g/mol. The topological polar surface area (TPSA) is 92.7 Å². The second-order valence-electron chi connectivity index (χ2n) is 5.56. The van der Waals surface area contributed by atoms with E-state index in [9.17, 15) is 8.42 Å². The van der Waals surface area contributed by atoms with Crippen LogP contribution in [-0.2, 0) is 10.0 Å². The molecule has 1 aliphatic heterocycles. The summed E-state index contributed by atoms with van der Waals surface area (Å²) in [5.74, 6) is 0.613. The Morgan fingerprint density at radius 2 is 2.15 bits per heavy atom. The van der Waals surface area contributed by atoms with E-state index in [-0.39, 0.29) is 4.90 Å². The van der Waals surface area contributed by atoms with E-state index in [2.05, 4.69) is 16.8 Å². The van der Waals surface area contributed by atoms with Crippen LogP contribution in [0.5, 0.6) is 0 Å². The lowest BCUT2D eigenvalue weighted by Crippen LogP contribution is -2.28. The third-order valence-electron chi connectivity index (χ3n) is 3.76. The van der Waals surface area contributed by atoms with Crippen molar-refractivity contribution in [3.63, 3.8) is 0 Å². The van der Waals surface area contributed by atoms with Gasteiger partial charge in [-0.15, -0.1) is 0 Å². The van der Waals surface area contributed by atoms with Crippen molar-refractivity contribution < 1.29 is 8.42 Å². The highest BCUT2D eigenvalue weighted by Gasteiger charge is 2.21. The van der Waals surface area contributed by atoms with Gasteiger partial charge in [0.25, 0.3) is 0 Å². The smallest absolute Gasteiger partial charge is 0.238 e. The largest absolute Gasteiger partial charge is 0.397 e. The monoisotopic (exact) mass is 298 g/mol. The first kappa shape index (κ1) is 15.1. The number of benzene rings is 1. The number of nitrogens with two attached hydrogens (primary N) is 2. The lowest BCUT2D eigenvalue weighted by molar-refractivity contribution is 0.396. The van der Waals surface area contributed by atoms with Gasteiger partial charge in [0, 0.05) is 20.1 Å². The minimum atomic E-state index is -3.70. The molecule has 4 N–H and O–H groups in total. The summed E-state index contributed by atoms with van der Waals surface area (Å²) in [6, 6.07) is 4.63. The van der Waals surface area contributed by atoms with Crippen LogP contribution in [0, 0.1) is 5.92 Å². The normalized spacial score (nSPS) is 20.2. The lowest BCUT2D eigenvalue weighted by Gasteiger charge is -2.24. The van der Waals surface area contributed by atoms with Crippen LogP contribution in [0.4, 0.5) is 11.4 Å². The van der Waals surface area contributed by atoms with Crippen molar-refractivity contribution in [3.05, 3.63) is 18.2 Å². The molecule has 1 atom stereocenters. The number of anilines is 2. The van der Waals surface area contributed by atoms with Crippen molar-refractivity contribution in [3.8, 4) is 0 Å². The molecule has 0 aliphatic carbocycles. The molecule has 1 aliphatic rings. The Morgan fingerprint density at radius 3 is 2.65 bits per heavy atom. The first-order valence-corrected chi connectivity index (χ1v) is 8.14. The Morgan fingerprint density at radius 1 is 1.45 bits per heavy atom. The molecule has 2 rings (SSSR count). The number of rotatable bonds is 4. The number of likely N-dealkylation sites (tertiary alicyclic amines) is 1. The summed E-state index contributed by atoms with van der Waals surface area (Å²) < 4.78 is 22.6. The highest BCUT2D eigenvalue weighted by molar-refractivity contribution is 7.89. The standard InChI is InChI=1S/C13H22N4O2S/c1-16-6-5-10(8-16)9-17(2)13-4-3-11(7-12(13)14)20(15,18)19/h3-4,7,10H,5-6,8-9,14H2,1-2H3,(H2,15,18,19). The van der Waals surface area contributed by atoms with Crippen molar-refractivity contribution >= 4 is 21.4 Å². The van der Waals surface area contributed by atoms with Crippen LogP contribution in [0.25, 0.3) is 0 Å². The van der Waals surface area contributed by atoms with E-state index in [0.29, 0.717) is 11.6 Å². The highest BCUT2D eigenvalue weighted by atomic mass is 32.2. The fraction of sp³-hybridized carbons (Fsp3) is 0.538. The molecule has 0 aromatic heterocycles. The van der Waals surface area contributed by atoms with E-state index < -0.39 is 10.0 Å². The van der Waals surface area contributed by atoms with E-state index in [1.54, 1.807) is 6.07 Å². The number of hydrogen-bond acceptors (Lipinski definition) is 5. The Bertz CT molecular complexity index is 588. The van der Waals surface area contributed by atoms with Gasteiger partial charge in [-0.3, -0.25) is 0 Å². The molecule has 0 amide bonds. The molecule has 1 aromatic carbocycles. The fourth-order valence-electron chi connectivity index (χ4n) is 2.72. The predicted octanol–water partition coefficient (Wildman–Crippen LogP) is 0.304. The zero-order valence-electron chi connectivity index (χ0n) is 11.9. The van der Waals surface area contributed by atoms with Crippen molar-refractivity contribution in [1.82, 2.24) is 4.90 Å². The highest BCUT2D eigenvalue weighted by Crippen LogP contribution is 2.27. The summed E-state index contributed by atoms with van der Waals surface area (Å²) in [4.78, 5) is 4.44. The van der Waals surface area contributed by atoms with Crippen LogP contribution in [0.1, 0.15) is 6.42 Å². The van der Waals surface area contributed by atoms with Gasteiger partial charge in [-0.1, -0.05) is 0 Å². The van der Waals surface area contributed by atoms with Gasteiger partial charge in [0.15, 0.2) is 0 Å². The average molecular weight is 298 g/mol. The second kappa shape index (κ2) is 5.59. The fourth-order valence-corrected chi connectivity index (χ4v) is 3.27. The number of hydrogen-bond donors (Lipinski definition) is 2. The number of nitrogen functional groups attached to an aromatic ring is 1. The Labute approximate surface area is 120 Å². The van der Waals surface area contributed by atoms with Gasteiger partial charge in [0.1, 0.15) is 0 Å². The van der Waals surface area contributed by atoms with E-state index >= 15 is 0 Å². The molecule has 1 fully saturated rings. The molecule has 1 saturated heterocycles. The molecule has 1 heterocycles. The van der Waals surface area contributed by atoms with Crippen LogP contribution >= 0.6 is 0 Å². The maximum Gasteiger partial charge on any atom is 0.238 e. The summed E-state index contributed by atoms with van der Waals surface area (Å²) in [7, 11) is 0.391. The zero-order valence-corrected chi connectivity index (χ0v) is 12.7. The summed E-state index contributed by atoms with van der Waals surface area (Å²) in [6.45, 7) is 3.11. The van der Waals surface area contributed by atoms with Gasteiger partial charge >= 0.3 is 0 Å². The Kier molecular flexibility index (Phi) is 4.22. The zero-order chi connectivity index (χ0) is 14.9.